The standard InChI is InChI=1S/C13H23NO5/c1-5-18-12(16)11-10(15)6-9(4)14(11)13(17)19-7-8(2)3/h8-11,15H,5-7H2,1-4H3. The predicted molar refractivity (Wildman–Crippen MR) is 68.5 cm³/mol. The molecule has 3 unspecified atom stereocenters. The Hall–Kier alpha value is -1.30. The van der Waals surface area contributed by atoms with Crippen molar-refractivity contribution in [3.8, 4) is 0 Å². The van der Waals surface area contributed by atoms with Crippen molar-refractivity contribution in [1.29, 1.82) is 0 Å². The van der Waals surface area contributed by atoms with Crippen LogP contribution in [0, 0.1) is 5.92 Å². The molecule has 0 spiro atoms. The molecule has 0 aliphatic carbocycles. The third-order valence-corrected chi connectivity index (χ3v) is 3.00. The van der Waals surface area contributed by atoms with E-state index in [2.05, 4.69) is 0 Å². The highest BCUT2D eigenvalue weighted by Gasteiger charge is 2.47. The Morgan fingerprint density at radius 1 is 1.37 bits per heavy atom. The number of carbonyl (C=O) groups is 2. The van der Waals surface area contributed by atoms with Crippen molar-refractivity contribution < 1.29 is 24.2 Å². The Balaban J connectivity index is 2.76. The molecule has 1 saturated heterocycles. The van der Waals surface area contributed by atoms with Gasteiger partial charge in [0.25, 0.3) is 0 Å². The molecule has 0 aromatic carbocycles. The Labute approximate surface area is 113 Å². The highest BCUT2D eigenvalue weighted by molar-refractivity contribution is 5.83. The zero-order valence-electron chi connectivity index (χ0n) is 12.0. The van der Waals surface area contributed by atoms with Gasteiger partial charge < -0.3 is 14.6 Å². The average Bonchev–Trinajstić information content (AvgIpc) is 2.61. The first-order valence-corrected chi connectivity index (χ1v) is 6.68. The summed E-state index contributed by atoms with van der Waals surface area (Å²) in [6.07, 6.45) is -1.13. The van der Waals surface area contributed by atoms with Crippen LogP contribution in [0.5, 0.6) is 0 Å². The van der Waals surface area contributed by atoms with E-state index in [-0.39, 0.29) is 25.2 Å². The number of amides is 1. The van der Waals surface area contributed by atoms with Crippen molar-refractivity contribution in [2.75, 3.05) is 13.2 Å². The van der Waals surface area contributed by atoms with Gasteiger partial charge in [-0.05, 0) is 26.2 Å². The second-order valence-corrected chi connectivity index (χ2v) is 5.23. The Morgan fingerprint density at radius 3 is 2.53 bits per heavy atom. The van der Waals surface area contributed by atoms with Crippen molar-refractivity contribution in [3.05, 3.63) is 0 Å². The fourth-order valence-corrected chi connectivity index (χ4v) is 2.16. The number of hydrogen-bond donors (Lipinski definition) is 1. The molecule has 1 N–H and O–H groups in total. The summed E-state index contributed by atoms with van der Waals surface area (Å²) in [5.74, 6) is -0.367. The lowest BCUT2D eigenvalue weighted by Gasteiger charge is -2.27. The van der Waals surface area contributed by atoms with Crippen LogP contribution in [0.1, 0.15) is 34.1 Å². The Bertz CT molecular complexity index is 331. The molecule has 19 heavy (non-hydrogen) atoms. The summed E-state index contributed by atoms with van der Waals surface area (Å²) in [6.45, 7) is 7.82. The summed E-state index contributed by atoms with van der Waals surface area (Å²) in [6, 6.07) is -1.21. The smallest absolute Gasteiger partial charge is 0.410 e. The van der Waals surface area contributed by atoms with Gasteiger partial charge in [0, 0.05) is 6.04 Å². The van der Waals surface area contributed by atoms with E-state index in [1.165, 1.54) is 4.90 Å². The van der Waals surface area contributed by atoms with Gasteiger partial charge in [0.05, 0.1) is 19.3 Å². The number of nitrogens with zero attached hydrogens (tertiary/aromatic N) is 1. The van der Waals surface area contributed by atoms with Crippen LogP contribution in [0.15, 0.2) is 0 Å². The van der Waals surface area contributed by atoms with Gasteiger partial charge in [-0.25, -0.2) is 9.59 Å². The summed E-state index contributed by atoms with van der Waals surface area (Å²) in [5.41, 5.74) is 0. The van der Waals surface area contributed by atoms with Gasteiger partial charge in [-0.3, -0.25) is 4.90 Å². The maximum Gasteiger partial charge on any atom is 0.410 e. The number of rotatable bonds is 4. The molecule has 0 bridgehead atoms. The molecule has 0 aromatic rings. The third-order valence-electron chi connectivity index (χ3n) is 3.00. The van der Waals surface area contributed by atoms with Crippen LogP contribution < -0.4 is 0 Å². The molecule has 1 fully saturated rings. The van der Waals surface area contributed by atoms with Crippen LogP contribution in [-0.4, -0.2) is 53.5 Å². The summed E-state index contributed by atoms with van der Waals surface area (Å²) in [4.78, 5) is 25.1. The van der Waals surface area contributed by atoms with Crippen molar-refractivity contribution in [2.24, 2.45) is 5.92 Å². The fraction of sp³-hybridized carbons (Fsp3) is 0.846. The number of likely N-dealkylation sites (tertiary alicyclic amines) is 1. The van der Waals surface area contributed by atoms with Crippen LogP contribution in [0.2, 0.25) is 0 Å². The number of esters is 1. The van der Waals surface area contributed by atoms with Gasteiger partial charge in [-0.15, -0.1) is 0 Å². The number of aliphatic hydroxyl groups excluding tert-OH is 1. The van der Waals surface area contributed by atoms with E-state index in [4.69, 9.17) is 9.47 Å². The van der Waals surface area contributed by atoms with Crippen LogP contribution >= 0.6 is 0 Å². The third kappa shape index (κ3) is 3.83. The Morgan fingerprint density at radius 2 is 2.00 bits per heavy atom. The lowest BCUT2D eigenvalue weighted by molar-refractivity contribution is -0.151. The normalized spacial score (nSPS) is 26.6. The molecule has 0 radical (unpaired) electrons. The van der Waals surface area contributed by atoms with E-state index in [1.807, 2.05) is 13.8 Å². The van der Waals surface area contributed by atoms with Crippen LogP contribution in [0.25, 0.3) is 0 Å². The Kier molecular flexibility index (Phi) is 5.60. The van der Waals surface area contributed by atoms with E-state index in [1.54, 1.807) is 13.8 Å². The minimum atomic E-state index is -0.963. The molecule has 1 rings (SSSR count). The highest BCUT2D eigenvalue weighted by atomic mass is 16.6. The number of hydrogen-bond acceptors (Lipinski definition) is 5. The van der Waals surface area contributed by atoms with Crippen LogP contribution in [-0.2, 0) is 14.3 Å². The molecule has 6 nitrogen and oxygen atoms in total. The topological polar surface area (TPSA) is 76.1 Å². The molecule has 1 heterocycles. The summed E-state index contributed by atoms with van der Waals surface area (Å²) in [5, 5.41) is 9.90. The molecule has 1 amide bonds. The maximum absolute atomic E-state index is 12.0. The van der Waals surface area contributed by atoms with Crippen LogP contribution in [0.4, 0.5) is 4.79 Å². The van der Waals surface area contributed by atoms with Crippen LogP contribution in [0.3, 0.4) is 0 Å². The fourth-order valence-electron chi connectivity index (χ4n) is 2.16. The first-order chi connectivity index (χ1) is 8.88. The molecule has 6 heteroatoms. The summed E-state index contributed by atoms with van der Waals surface area (Å²) in [7, 11) is 0. The van der Waals surface area contributed by atoms with Gasteiger partial charge in [-0.2, -0.15) is 0 Å². The predicted octanol–water partition coefficient (Wildman–Crippen LogP) is 1.17. The second-order valence-electron chi connectivity index (χ2n) is 5.23. The summed E-state index contributed by atoms with van der Waals surface area (Å²) >= 11 is 0. The second kappa shape index (κ2) is 6.75. The first-order valence-electron chi connectivity index (χ1n) is 6.68. The monoisotopic (exact) mass is 273 g/mol. The van der Waals surface area contributed by atoms with E-state index < -0.39 is 24.2 Å². The van der Waals surface area contributed by atoms with Crippen molar-refractivity contribution >= 4 is 12.1 Å². The lowest BCUT2D eigenvalue weighted by atomic mass is 10.1. The number of aliphatic hydroxyl groups is 1. The molecule has 110 valence electrons. The lowest BCUT2D eigenvalue weighted by Crippen LogP contribution is -2.48. The van der Waals surface area contributed by atoms with Crippen molar-refractivity contribution in [1.82, 2.24) is 4.90 Å². The van der Waals surface area contributed by atoms with E-state index in [0.29, 0.717) is 6.42 Å². The molecule has 1 aliphatic rings. The van der Waals surface area contributed by atoms with Gasteiger partial charge in [-0.1, -0.05) is 13.8 Å². The molecule has 1 aliphatic heterocycles. The maximum atomic E-state index is 12.0. The zero-order chi connectivity index (χ0) is 14.6. The zero-order valence-corrected chi connectivity index (χ0v) is 12.0. The quantitative estimate of drug-likeness (QED) is 0.778. The molecule has 0 aromatic heterocycles. The first kappa shape index (κ1) is 15.8. The highest BCUT2D eigenvalue weighted by Crippen LogP contribution is 2.26. The van der Waals surface area contributed by atoms with Crippen molar-refractivity contribution in [3.63, 3.8) is 0 Å². The molecular weight excluding hydrogens is 250 g/mol. The molecule has 3 atom stereocenters. The largest absolute Gasteiger partial charge is 0.464 e. The van der Waals surface area contributed by atoms with Gasteiger partial charge >= 0.3 is 12.1 Å². The SMILES string of the molecule is CCOC(=O)C1C(O)CC(C)N1C(=O)OCC(C)C. The van der Waals surface area contributed by atoms with Gasteiger partial charge in [0.1, 0.15) is 0 Å². The van der Waals surface area contributed by atoms with Gasteiger partial charge in [0.15, 0.2) is 6.04 Å². The number of ether oxygens (including phenoxy) is 2. The summed E-state index contributed by atoms with van der Waals surface area (Å²) < 4.78 is 10.0. The van der Waals surface area contributed by atoms with E-state index in [0.717, 1.165) is 0 Å². The van der Waals surface area contributed by atoms with E-state index in [9.17, 15) is 14.7 Å². The molecule has 0 saturated carbocycles. The van der Waals surface area contributed by atoms with Gasteiger partial charge in [0.2, 0.25) is 0 Å². The minimum absolute atomic E-state index is 0.214. The number of carbonyl (C=O) groups excluding carboxylic acids is 2. The van der Waals surface area contributed by atoms with Crippen molar-refractivity contribution in [2.45, 2.75) is 52.3 Å². The molecular formula is C13H23NO5. The van der Waals surface area contributed by atoms with E-state index >= 15 is 0 Å². The average molecular weight is 273 g/mol. The minimum Gasteiger partial charge on any atom is -0.464 e.